The number of halogens is 1. The van der Waals surface area contributed by atoms with E-state index in [0.29, 0.717) is 0 Å². The first kappa shape index (κ1) is 19.4. The van der Waals surface area contributed by atoms with Crippen molar-refractivity contribution in [2.75, 3.05) is 0 Å². The van der Waals surface area contributed by atoms with E-state index in [-0.39, 0.29) is 0 Å². The van der Waals surface area contributed by atoms with Gasteiger partial charge in [0.1, 0.15) is 11.2 Å². The highest BCUT2D eigenvalue weighted by atomic mass is 35.5. The molecule has 0 saturated heterocycles. The molecule has 0 N–H and O–H groups in total. The number of hydrogen-bond acceptors (Lipinski definition) is 1. The summed E-state index contributed by atoms with van der Waals surface area (Å²) in [6, 6.07) is 40.1. The summed E-state index contributed by atoms with van der Waals surface area (Å²) in [5.74, 6) is 0. The topological polar surface area (TPSA) is 13.1 Å². The normalized spacial score (nSPS) is 11.7. The summed E-state index contributed by atoms with van der Waals surface area (Å²) in [6.45, 7) is 0. The van der Waals surface area contributed by atoms with Gasteiger partial charge in [-0.3, -0.25) is 0 Å². The van der Waals surface area contributed by atoms with Gasteiger partial charge < -0.3 is 4.42 Å². The standard InChI is InChI=1S/C32H19ClO/c33-21-17-18-24-27(19-21)31(23-12-5-4-11-22(23)30(24)20-9-2-1-3-10-20)26-14-8-16-29-32(26)25-13-6-7-15-28(25)34-29/h1-19H. The van der Waals surface area contributed by atoms with Crippen LogP contribution in [0.2, 0.25) is 5.02 Å². The fourth-order valence-corrected chi connectivity index (χ4v) is 5.51. The van der Waals surface area contributed by atoms with Crippen LogP contribution in [0.25, 0.3) is 65.7 Å². The van der Waals surface area contributed by atoms with E-state index in [2.05, 4.69) is 97.1 Å². The van der Waals surface area contributed by atoms with Gasteiger partial charge in [-0.05, 0) is 68.1 Å². The fourth-order valence-electron chi connectivity index (χ4n) is 5.34. The Kier molecular flexibility index (Phi) is 4.27. The van der Waals surface area contributed by atoms with Crippen molar-refractivity contribution < 1.29 is 4.42 Å². The van der Waals surface area contributed by atoms with E-state index in [1.54, 1.807) is 0 Å². The molecule has 0 radical (unpaired) electrons. The van der Waals surface area contributed by atoms with Gasteiger partial charge in [0.05, 0.1) is 0 Å². The van der Waals surface area contributed by atoms with Crippen LogP contribution in [0.5, 0.6) is 0 Å². The molecule has 0 spiro atoms. The van der Waals surface area contributed by atoms with Gasteiger partial charge in [-0.25, -0.2) is 0 Å². The summed E-state index contributed by atoms with van der Waals surface area (Å²) in [4.78, 5) is 0. The number of para-hydroxylation sites is 1. The minimum Gasteiger partial charge on any atom is -0.456 e. The summed E-state index contributed by atoms with van der Waals surface area (Å²) in [6.07, 6.45) is 0. The lowest BCUT2D eigenvalue weighted by Gasteiger charge is -2.18. The average molecular weight is 455 g/mol. The lowest BCUT2D eigenvalue weighted by molar-refractivity contribution is 0.669. The van der Waals surface area contributed by atoms with E-state index in [1.807, 2.05) is 18.2 Å². The van der Waals surface area contributed by atoms with Crippen molar-refractivity contribution >= 4 is 55.1 Å². The molecule has 0 aliphatic carbocycles. The molecule has 0 fully saturated rings. The first-order valence-corrected chi connectivity index (χ1v) is 11.8. The zero-order valence-electron chi connectivity index (χ0n) is 18.3. The van der Waals surface area contributed by atoms with Gasteiger partial charge in [-0.2, -0.15) is 0 Å². The van der Waals surface area contributed by atoms with Crippen molar-refractivity contribution in [1.29, 1.82) is 0 Å². The van der Waals surface area contributed by atoms with Gasteiger partial charge in [-0.1, -0.05) is 103 Å². The van der Waals surface area contributed by atoms with Crippen LogP contribution in [0.15, 0.2) is 120 Å². The minimum absolute atomic E-state index is 0.729. The molecule has 0 amide bonds. The molecule has 2 heteroatoms. The molecular weight excluding hydrogens is 436 g/mol. The molecule has 160 valence electrons. The second kappa shape index (κ2) is 7.48. The van der Waals surface area contributed by atoms with Crippen molar-refractivity contribution in [2.45, 2.75) is 0 Å². The Morgan fingerprint density at radius 1 is 0.471 bits per heavy atom. The maximum atomic E-state index is 6.60. The van der Waals surface area contributed by atoms with Crippen LogP contribution in [-0.4, -0.2) is 0 Å². The lowest BCUT2D eigenvalue weighted by atomic mass is 9.85. The summed E-state index contributed by atoms with van der Waals surface area (Å²) in [5, 5.41) is 7.75. The number of rotatable bonds is 2. The molecule has 7 aromatic rings. The number of furan rings is 1. The van der Waals surface area contributed by atoms with Gasteiger partial charge in [0.2, 0.25) is 0 Å². The molecule has 6 aromatic carbocycles. The first-order valence-electron chi connectivity index (χ1n) is 11.4. The minimum atomic E-state index is 0.729. The van der Waals surface area contributed by atoms with Gasteiger partial charge in [0.25, 0.3) is 0 Å². The van der Waals surface area contributed by atoms with E-state index in [9.17, 15) is 0 Å². The largest absolute Gasteiger partial charge is 0.456 e. The summed E-state index contributed by atoms with van der Waals surface area (Å²) < 4.78 is 6.23. The Hall–Kier alpha value is -4.07. The van der Waals surface area contributed by atoms with E-state index in [1.165, 1.54) is 32.8 Å². The summed E-state index contributed by atoms with van der Waals surface area (Å²) in [7, 11) is 0. The quantitative estimate of drug-likeness (QED) is 0.237. The van der Waals surface area contributed by atoms with Crippen LogP contribution in [0.1, 0.15) is 0 Å². The van der Waals surface area contributed by atoms with Crippen molar-refractivity contribution in [3.63, 3.8) is 0 Å². The van der Waals surface area contributed by atoms with Gasteiger partial charge in [0, 0.05) is 15.8 Å². The van der Waals surface area contributed by atoms with E-state index >= 15 is 0 Å². The Morgan fingerprint density at radius 2 is 1.12 bits per heavy atom. The van der Waals surface area contributed by atoms with Gasteiger partial charge in [0.15, 0.2) is 0 Å². The van der Waals surface area contributed by atoms with E-state index in [4.69, 9.17) is 16.0 Å². The first-order chi connectivity index (χ1) is 16.8. The number of fused-ring (bicyclic) bond motifs is 5. The van der Waals surface area contributed by atoms with Crippen LogP contribution in [0, 0.1) is 0 Å². The Labute approximate surface area is 201 Å². The molecule has 0 unspecified atom stereocenters. The van der Waals surface area contributed by atoms with Gasteiger partial charge >= 0.3 is 0 Å². The highest BCUT2D eigenvalue weighted by Gasteiger charge is 2.20. The SMILES string of the molecule is Clc1ccc2c(-c3ccccc3)c3ccccc3c(-c3cccc4oc5ccccc5c34)c2c1. The van der Waals surface area contributed by atoms with Crippen LogP contribution in [-0.2, 0) is 0 Å². The van der Waals surface area contributed by atoms with Crippen molar-refractivity contribution in [3.05, 3.63) is 120 Å². The third-order valence-corrected chi connectivity index (χ3v) is 6.96. The molecular formula is C32H19ClO. The number of benzene rings is 6. The van der Waals surface area contributed by atoms with Crippen LogP contribution >= 0.6 is 11.6 Å². The maximum absolute atomic E-state index is 6.60. The second-order valence-electron chi connectivity index (χ2n) is 8.63. The third kappa shape index (κ3) is 2.81. The molecule has 0 aliphatic rings. The molecule has 1 aromatic heterocycles. The molecule has 0 saturated carbocycles. The molecule has 0 aliphatic heterocycles. The highest BCUT2D eigenvalue weighted by Crippen LogP contribution is 2.47. The molecule has 1 heterocycles. The molecule has 0 atom stereocenters. The molecule has 1 nitrogen and oxygen atoms in total. The zero-order chi connectivity index (χ0) is 22.6. The third-order valence-electron chi connectivity index (χ3n) is 6.72. The Balaban J connectivity index is 1.73. The average Bonchev–Trinajstić information content (AvgIpc) is 3.27. The fraction of sp³-hybridized carbons (Fsp3) is 0. The van der Waals surface area contributed by atoms with Crippen molar-refractivity contribution in [1.82, 2.24) is 0 Å². The van der Waals surface area contributed by atoms with Crippen molar-refractivity contribution in [2.24, 2.45) is 0 Å². The highest BCUT2D eigenvalue weighted by molar-refractivity contribution is 6.33. The predicted octanol–water partition coefficient (Wildman–Crippen LogP) is 9.88. The monoisotopic (exact) mass is 454 g/mol. The van der Waals surface area contributed by atoms with E-state index in [0.717, 1.165) is 37.9 Å². The van der Waals surface area contributed by atoms with Crippen molar-refractivity contribution in [3.8, 4) is 22.3 Å². The van der Waals surface area contributed by atoms with Gasteiger partial charge in [-0.15, -0.1) is 0 Å². The summed E-state index contributed by atoms with van der Waals surface area (Å²) in [5.41, 5.74) is 6.57. The zero-order valence-corrected chi connectivity index (χ0v) is 19.0. The smallest absolute Gasteiger partial charge is 0.136 e. The lowest BCUT2D eigenvalue weighted by Crippen LogP contribution is -1.91. The summed E-state index contributed by atoms with van der Waals surface area (Å²) >= 11 is 6.60. The molecule has 0 bridgehead atoms. The molecule has 34 heavy (non-hydrogen) atoms. The molecule has 7 rings (SSSR count). The second-order valence-corrected chi connectivity index (χ2v) is 9.06. The van der Waals surface area contributed by atoms with E-state index < -0.39 is 0 Å². The number of hydrogen-bond donors (Lipinski definition) is 0. The maximum Gasteiger partial charge on any atom is 0.136 e. The van der Waals surface area contributed by atoms with Crippen LogP contribution < -0.4 is 0 Å². The predicted molar refractivity (Wildman–Crippen MR) is 145 cm³/mol. The Bertz CT molecular complexity index is 1860. The Morgan fingerprint density at radius 3 is 1.94 bits per heavy atom. The van der Waals surface area contributed by atoms with Crippen LogP contribution in [0.3, 0.4) is 0 Å². The van der Waals surface area contributed by atoms with Crippen LogP contribution in [0.4, 0.5) is 0 Å².